The predicted octanol–water partition coefficient (Wildman–Crippen LogP) is 2.22. The molecule has 0 aliphatic rings. The number of fused-ring (bicyclic) bond motifs is 1. The van der Waals surface area contributed by atoms with Gasteiger partial charge in [0, 0.05) is 12.3 Å². The van der Waals surface area contributed by atoms with Gasteiger partial charge >= 0.3 is 5.97 Å². The summed E-state index contributed by atoms with van der Waals surface area (Å²) >= 11 is 0. The number of carbonyl (C=O) groups excluding carboxylic acids is 1. The van der Waals surface area contributed by atoms with Crippen molar-refractivity contribution >= 4 is 26.8 Å². The molecular weight excluding hydrogens is 344 g/mol. The molecule has 7 nitrogen and oxygen atoms in total. The van der Waals surface area contributed by atoms with E-state index in [1.54, 1.807) is 4.57 Å². The Labute approximate surface area is 144 Å². The van der Waals surface area contributed by atoms with E-state index >= 15 is 0 Å². The molecular formula is C17H16N2O5S. The van der Waals surface area contributed by atoms with E-state index in [1.807, 2.05) is 24.3 Å². The van der Waals surface area contributed by atoms with Crippen LogP contribution in [0.1, 0.15) is 10.4 Å². The molecule has 0 saturated heterocycles. The van der Waals surface area contributed by atoms with Crippen LogP contribution >= 0.6 is 0 Å². The third-order valence-electron chi connectivity index (χ3n) is 3.80. The zero-order chi connectivity index (χ0) is 18.2. The first-order chi connectivity index (χ1) is 11.9. The molecule has 0 radical (unpaired) electrons. The van der Waals surface area contributed by atoms with Gasteiger partial charge < -0.3 is 9.47 Å². The van der Waals surface area contributed by atoms with Crippen LogP contribution in [0.25, 0.3) is 16.7 Å². The van der Waals surface area contributed by atoms with Crippen molar-refractivity contribution in [3.05, 3.63) is 48.3 Å². The van der Waals surface area contributed by atoms with Crippen molar-refractivity contribution in [3.63, 3.8) is 0 Å². The van der Waals surface area contributed by atoms with Crippen LogP contribution in [0.2, 0.25) is 0 Å². The number of hydrogen-bond acceptors (Lipinski definition) is 6. The van der Waals surface area contributed by atoms with Crippen LogP contribution in [0.15, 0.2) is 47.6 Å². The number of imidazole rings is 1. The average molecular weight is 360 g/mol. The molecule has 0 unspecified atom stereocenters. The van der Waals surface area contributed by atoms with E-state index in [9.17, 15) is 13.2 Å². The van der Waals surface area contributed by atoms with E-state index in [0.29, 0.717) is 5.69 Å². The summed E-state index contributed by atoms with van der Waals surface area (Å²) in [6, 6.07) is 10.1. The van der Waals surface area contributed by atoms with Gasteiger partial charge in [0.05, 0.1) is 35.8 Å². The number of sulfone groups is 1. The standard InChI is InChI=1S/C17H16N2O5S/c1-23-15-9-14(19-10-18-12-6-4-5-7-13(12)19)16(25(3,21)22)8-11(15)17(20)24-2/h4-10H,1-3H3. The van der Waals surface area contributed by atoms with Gasteiger partial charge in [-0.3, -0.25) is 4.57 Å². The lowest BCUT2D eigenvalue weighted by molar-refractivity contribution is 0.0597. The number of carbonyl (C=O) groups is 1. The normalized spacial score (nSPS) is 11.5. The first-order valence-corrected chi connectivity index (χ1v) is 9.19. The number of hydrogen-bond donors (Lipinski definition) is 0. The quantitative estimate of drug-likeness (QED) is 0.663. The molecule has 2 aromatic carbocycles. The highest BCUT2D eigenvalue weighted by Gasteiger charge is 2.23. The van der Waals surface area contributed by atoms with Crippen molar-refractivity contribution in [2.75, 3.05) is 20.5 Å². The summed E-state index contributed by atoms with van der Waals surface area (Å²) in [7, 11) is -1.01. The van der Waals surface area contributed by atoms with E-state index in [2.05, 4.69) is 4.98 Å². The fraction of sp³-hybridized carbons (Fsp3) is 0.176. The zero-order valence-corrected chi connectivity index (χ0v) is 14.7. The van der Waals surface area contributed by atoms with Crippen LogP contribution in [-0.2, 0) is 14.6 Å². The second-order valence-electron chi connectivity index (χ2n) is 5.39. The van der Waals surface area contributed by atoms with Gasteiger partial charge in [0.15, 0.2) is 9.84 Å². The summed E-state index contributed by atoms with van der Waals surface area (Å²) in [5.74, 6) is -0.462. The maximum absolute atomic E-state index is 12.3. The third kappa shape index (κ3) is 2.96. The number of esters is 1. The topological polar surface area (TPSA) is 87.5 Å². The van der Waals surface area contributed by atoms with E-state index in [-0.39, 0.29) is 16.2 Å². The average Bonchev–Trinajstić information content (AvgIpc) is 3.03. The highest BCUT2D eigenvalue weighted by molar-refractivity contribution is 7.90. The highest BCUT2D eigenvalue weighted by atomic mass is 32.2. The van der Waals surface area contributed by atoms with Crippen molar-refractivity contribution < 1.29 is 22.7 Å². The minimum atomic E-state index is -3.63. The molecule has 0 N–H and O–H groups in total. The van der Waals surface area contributed by atoms with Crippen LogP contribution in [0.5, 0.6) is 5.75 Å². The Balaban J connectivity index is 2.38. The van der Waals surface area contributed by atoms with E-state index < -0.39 is 15.8 Å². The molecule has 0 amide bonds. The molecule has 1 aromatic heterocycles. The maximum Gasteiger partial charge on any atom is 0.341 e. The van der Waals surface area contributed by atoms with Crippen molar-refractivity contribution in [2.24, 2.45) is 0 Å². The molecule has 0 spiro atoms. The molecule has 8 heteroatoms. The summed E-state index contributed by atoms with van der Waals surface area (Å²) in [5, 5.41) is 0. The van der Waals surface area contributed by atoms with Gasteiger partial charge in [0.25, 0.3) is 0 Å². The first kappa shape index (κ1) is 17.0. The first-order valence-electron chi connectivity index (χ1n) is 7.29. The smallest absolute Gasteiger partial charge is 0.341 e. The fourth-order valence-corrected chi connectivity index (χ4v) is 3.49. The number of benzene rings is 2. The second kappa shape index (κ2) is 6.21. The fourth-order valence-electron chi connectivity index (χ4n) is 2.62. The number of para-hydroxylation sites is 2. The Morgan fingerprint density at radius 1 is 1.16 bits per heavy atom. The molecule has 0 aliphatic heterocycles. The van der Waals surface area contributed by atoms with E-state index in [1.165, 1.54) is 32.7 Å². The second-order valence-corrected chi connectivity index (χ2v) is 7.37. The number of nitrogens with zero attached hydrogens (tertiary/aromatic N) is 2. The number of aromatic nitrogens is 2. The lowest BCUT2D eigenvalue weighted by Gasteiger charge is -2.15. The Morgan fingerprint density at radius 2 is 1.88 bits per heavy atom. The number of methoxy groups -OCH3 is 2. The Kier molecular flexibility index (Phi) is 4.22. The molecule has 0 fully saturated rings. The van der Waals surface area contributed by atoms with Crippen molar-refractivity contribution in [3.8, 4) is 11.4 Å². The van der Waals surface area contributed by atoms with Crippen LogP contribution < -0.4 is 4.74 Å². The van der Waals surface area contributed by atoms with Gasteiger partial charge in [-0.15, -0.1) is 0 Å². The Morgan fingerprint density at radius 3 is 2.52 bits per heavy atom. The summed E-state index contributed by atoms with van der Waals surface area (Å²) in [5.41, 5.74) is 1.84. The highest BCUT2D eigenvalue weighted by Crippen LogP contribution is 2.31. The molecule has 0 atom stereocenters. The van der Waals surface area contributed by atoms with E-state index in [4.69, 9.17) is 9.47 Å². The van der Waals surface area contributed by atoms with Gasteiger partial charge in [-0.2, -0.15) is 0 Å². The van der Waals surface area contributed by atoms with Gasteiger partial charge in [-0.05, 0) is 18.2 Å². The monoisotopic (exact) mass is 360 g/mol. The Hall–Kier alpha value is -2.87. The van der Waals surface area contributed by atoms with Crippen molar-refractivity contribution in [1.82, 2.24) is 9.55 Å². The maximum atomic E-state index is 12.3. The molecule has 0 aliphatic carbocycles. The summed E-state index contributed by atoms with van der Waals surface area (Å²) < 4.78 is 36.3. The van der Waals surface area contributed by atoms with E-state index in [0.717, 1.165) is 17.3 Å². The third-order valence-corrected chi connectivity index (χ3v) is 4.92. The van der Waals surface area contributed by atoms with Gasteiger partial charge in [-0.25, -0.2) is 18.2 Å². The van der Waals surface area contributed by atoms with Crippen LogP contribution in [0.3, 0.4) is 0 Å². The van der Waals surface area contributed by atoms with Crippen molar-refractivity contribution in [1.29, 1.82) is 0 Å². The summed E-state index contributed by atoms with van der Waals surface area (Å²) in [6.45, 7) is 0. The van der Waals surface area contributed by atoms with Gasteiger partial charge in [0.1, 0.15) is 17.6 Å². The van der Waals surface area contributed by atoms with Crippen LogP contribution in [-0.4, -0.2) is 44.4 Å². The van der Waals surface area contributed by atoms with Crippen LogP contribution in [0, 0.1) is 0 Å². The lowest BCUT2D eigenvalue weighted by Crippen LogP contribution is -2.11. The van der Waals surface area contributed by atoms with Crippen LogP contribution in [0.4, 0.5) is 0 Å². The Bertz CT molecular complexity index is 1070. The summed E-state index contributed by atoms with van der Waals surface area (Å²) in [6.07, 6.45) is 2.62. The zero-order valence-electron chi connectivity index (χ0n) is 13.9. The minimum Gasteiger partial charge on any atom is -0.496 e. The molecule has 1 heterocycles. The molecule has 25 heavy (non-hydrogen) atoms. The number of ether oxygens (including phenoxy) is 2. The van der Waals surface area contributed by atoms with Gasteiger partial charge in [0.2, 0.25) is 0 Å². The molecule has 3 aromatic rings. The molecule has 0 saturated carbocycles. The molecule has 3 rings (SSSR count). The molecule has 130 valence electrons. The lowest BCUT2D eigenvalue weighted by atomic mass is 10.1. The summed E-state index contributed by atoms with van der Waals surface area (Å²) in [4.78, 5) is 16.2. The minimum absolute atomic E-state index is 0.0168. The SMILES string of the molecule is COC(=O)c1cc(S(C)(=O)=O)c(-n2cnc3ccccc32)cc1OC. The number of rotatable bonds is 4. The predicted molar refractivity (Wildman–Crippen MR) is 92.1 cm³/mol. The molecule has 0 bridgehead atoms. The largest absolute Gasteiger partial charge is 0.496 e. The van der Waals surface area contributed by atoms with Crippen molar-refractivity contribution in [2.45, 2.75) is 4.90 Å². The van der Waals surface area contributed by atoms with Gasteiger partial charge in [-0.1, -0.05) is 12.1 Å².